The van der Waals surface area contributed by atoms with Gasteiger partial charge in [0.25, 0.3) is 5.91 Å². The van der Waals surface area contributed by atoms with E-state index >= 15 is 0 Å². The van der Waals surface area contributed by atoms with E-state index in [0.29, 0.717) is 44.6 Å². The zero-order chi connectivity index (χ0) is 28.6. The van der Waals surface area contributed by atoms with Gasteiger partial charge < -0.3 is 18.9 Å². The van der Waals surface area contributed by atoms with E-state index in [0.717, 1.165) is 28.4 Å². The number of anilines is 1. The molecular weight excluding hydrogens is 516 g/mol. The van der Waals surface area contributed by atoms with E-state index < -0.39 is 5.91 Å². The minimum absolute atomic E-state index is 0.0626. The van der Waals surface area contributed by atoms with Gasteiger partial charge in [0.05, 0.1) is 39.1 Å². The standard InChI is InChI=1S/C26H34N10O4/c1-17(2)36-20(15-34(4)16-28-13-19(12-27-3)26(37)33-38)30-22-24(35-8-10-40-11-9-35)31-23(32-25(22)36)18-6-7-21(39-5)29-14-18/h6-7,12-14,17,38H,3,8-11,15-16H2,1-2,4-5H3,(H,33,37)/b19-12+,28-13-. The number of aliphatic imine (C=N–C) groups is 2. The summed E-state index contributed by atoms with van der Waals surface area (Å²) in [5.74, 6) is 1.89. The van der Waals surface area contributed by atoms with Gasteiger partial charge in [0.2, 0.25) is 5.88 Å². The Balaban J connectivity index is 1.71. The summed E-state index contributed by atoms with van der Waals surface area (Å²) in [5, 5.41) is 8.90. The van der Waals surface area contributed by atoms with Crippen molar-refractivity contribution < 1.29 is 19.5 Å². The van der Waals surface area contributed by atoms with Crippen molar-refractivity contribution in [3.63, 3.8) is 0 Å². The number of rotatable bonds is 11. The average molecular weight is 551 g/mol. The highest BCUT2D eigenvalue weighted by atomic mass is 16.5. The molecule has 1 aliphatic rings. The van der Waals surface area contributed by atoms with Gasteiger partial charge in [-0.2, -0.15) is 0 Å². The molecule has 0 unspecified atom stereocenters. The van der Waals surface area contributed by atoms with Crippen LogP contribution in [-0.2, 0) is 16.1 Å². The first kappa shape index (κ1) is 28.7. The Morgan fingerprint density at radius 3 is 2.70 bits per heavy atom. The van der Waals surface area contributed by atoms with Crippen LogP contribution in [0.15, 0.2) is 40.1 Å². The summed E-state index contributed by atoms with van der Waals surface area (Å²) >= 11 is 0. The van der Waals surface area contributed by atoms with Crippen molar-refractivity contribution in [3.05, 3.63) is 35.9 Å². The van der Waals surface area contributed by atoms with Crippen LogP contribution in [0, 0.1) is 0 Å². The second-order valence-corrected chi connectivity index (χ2v) is 9.40. The number of hydrogen-bond acceptors (Lipinski definition) is 12. The number of carbonyl (C=O) groups is 1. The molecular formula is C26H34N10O4. The van der Waals surface area contributed by atoms with E-state index in [1.165, 1.54) is 12.4 Å². The van der Waals surface area contributed by atoms with Crippen LogP contribution in [0.4, 0.5) is 5.82 Å². The largest absolute Gasteiger partial charge is 0.481 e. The molecule has 14 heteroatoms. The monoisotopic (exact) mass is 550 g/mol. The van der Waals surface area contributed by atoms with Crippen molar-refractivity contribution in [3.8, 4) is 17.3 Å². The number of morpholine rings is 1. The maximum Gasteiger partial charge on any atom is 0.277 e. The minimum atomic E-state index is -0.725. The summed E-state index contributed by atoms with van der Waals surface area (Å²) in [6.45, 7) is 10.8. The number of fused-ring (bicyclic) bond motifs is 1. The Labute approximate surface area is 232 Å². The SMILES string of the molecule is C=N/C=C(\C=N/CN(C)Cc1nc2c(N3CCOCC3)nc(-c3ccc(OC)nc3)nc2n1C(C)C)C(=O)NO. The molecule has 4 heterocycles. The van der Waals surface area contributed by atoms with Crippen LogP contribution in [0.5, 0.6) is 5.88 Å². The molecule has 1 amide bonds. The van der Waals surface area contributed by atoms with E-state index in [1.807, 2.05) is 18.0 Å². The number of amides is 1. The first-order valence-electron chi connectivity index (χ1n) is 12.8. The molecule has 0 bridgehead atoms. The molecule has 3 aromatic rings. The number of nitrogens with one attached hydrogen (secondary N) is 1. The summed E-state index contributed by atoms with van der Waals surface area (Å²) in [5.41, 5.74) is 3.86. The average Bonchev–Trinajstić information content (AvgIpc) is 3.34. The smallest absolute Gasteiger partial charge is 0.277 e. The van der Waals surface area contributed by atoms with Crippen molar-refractivity contribution in [1.82, 2.24) is 34.9 Å². The van der Waals surface area contributed by atoms with Gasteiger partial charge in [-0.3, -0.25) is 24.9 Å². The highest BCUT2D eigenvalue weighted by Crippen LogP contribution is 2.31. The molecule has 212 valence electrons. The van der Waals surface area contributed by atoms with Gasteiger partial charge >= 0.3 is 0 Å². The number of carbonyl (C=O) groups excluding carboxylic acids is 1. The first-order valence-corrected chi connectivity index (χ1v) is 12.8. The number of imidazole rings is 1. The Hall–Kier alpha value is -4.27. The minimum Gasteiger partial charge on any atom is -0.481 e. The second-order valence-electron chi connectivity index (χ2n) is 9.40. The van der Waals surface area contributed by atoms with Crippen LogP contribution in [0.1, 0.15) is 25.7 Å². The summed E-state index contributed by atoms with van der Waals surface area (Å²) in [4.78, 5) is 43.0. The number of hydrogen-bond donors (Lipinski definition) is 2. The van der Waals surface area contributed by atoms with Crippen LogP contribution in [0.25, 0.3) is 22.6 Å². The molecule has 0 atom stereocenters. The lowest BCUT2D eigenvalue weighted by atomic mass is 10.2. The number of hydroxylamine groups is 1. The number of aromatic nitrogens is 5. The van der Waals surface area contributed by atoms with Crippen molar-refractivity contribution in [2.45, 2.75) is 26.4 Å². The predicted molar refractivity (Wildman–Crippen MR) is 151 cm³/mol. The lowest BCUT2D eigenvalue weighted by molar-refractivity contribution is -0.124. The molecule has 0 aromatic carbocycles. The maximum absolute atomic E-state index is 11.7. The summed E-state index contributed by atoms with van der Waals surface area (Å²) in [7, 11) is 3.47. The topological polar surface area (TPSA) is 155 Å². The van der Waals surface area contributed by atoms with E-state index in [4.69, 9.17) is 29.6 Å². The molecule has 3 aromatic heterocycles. The number of methoxy groups -OCH3 is 1. The maximum atomic E-state index is 11.7. The Kier molecular flexibility index (Phi) is 9.47. The summed E-state index contributed by atoms with van der Waals surface area (Å²) in [6, 6.07) is 3.74. The zero-order valence-corrected chi connectivity index (χ0v) is 23.1. The lowest BCUT2D eigenvalue weighted by Crippen LogP contribution is -2.37. The van der Waals surface area contributed by atoms with E-state index in [1.54, 1.807) is 24.9 Å². The Bertz CT molecular complexity index is 1390. The third kappa shape index (κ3) is 6.47. The highest BCUT2D eigenvalue weighted by molar-refractivity contribution is 6.11. The Morgan fingerprint density at radius 1 is 1.30 bits per heavy atom. The molecule has 0 aliphatic carbocycles. The zero-order valence-electron chi connectivity index (χ0n) is 23.1. The van der Waals surface area contributed by atoms with E-state index in [9.17, 15) is 4.79 Å². The molecule has 0 radical (unpaired) electrons. The molecule has 1 aliphatic heterocycles. The van der Waals surface area contributed by atoms with Gasteiger partial charge in [0, 0.05) is 49.4 Å². The lowest BCUT2D eigenvalue weighted by Gasteiger charge is -2.28. The van der Waals surface area contributed by atoms with Gasteiger partial charge in [-0.25, -0.2) is 25.4 Å². The first-order chi connectivity index (χ1) is 19.4. The van der Waals surface area contributed by atoms with E-state index in [2.05, 4.69) is 45.0 Å². The van der Waals surface area contributed by atoms with Crippen molar-refractivity contribution in [2.75, 3.05) is 52.0 Å². The van der Waals surface area contributed by atoms with E-state index in [-0.39, 0.29) is 18.3 Å². The number of ether oxygens (including phenoxy) is 2. The molecule has 40 heavy (non-hydrogen) atoms. The van der Waals surface area contributed by atoms with Gasteiger partial charge in [-0.05, 0) is 33.7 Å². The number of nitrogens with zero attached hydrogens (tertiary/aromatic N) is 9. The fourth-order valence-electron chi connectivity index (χ4n) is 4.30. The fraction of sp³-hybridized carbons (Fsp3) is 0.423. The number of pyridine rings is 1. The summed E-state index contributed by atoms with van der Waals surface area (Å²) < 4.78 is 12.9. The third-order valence-corrected chi connectivity index (χ3v) is 6.18. The predicted octanol–water partition coefficient (Wildman–Crippen LogP) is 1.86. The van der Waals surface area contributed by atoms with Gasteiger partial charge in [-0.1, -0.05) is 0 Å². The van der Waals surface area contributed by atoms with Gasteiger partial charge in [0.15, 0.2) is 22.8 Å². The van der Waals surface area contributed by atoms with Crippen molar-refractivity contribution >= 4 is 35.8 Å². The van der Waals surface area contributed by atoms with Crippen molar-refractivity contribution in [1.29, 1.82) is 0 Å². The Morgan fingerprint density at radius 2 is 2.08 bits per heavy atom. The molecule has 0 saturated carbocycles. The second kappa shape index (κ2) is 13.2. The molecule has 2 N–H and O–H groups in total. The van der Waals surface area contributed by atoms with Crippen molar-refractivity contribution in [2.24, 2.45) is 9.98 Å². The highest BCUT2D eigenvalue weighted by Gasteiger charge is 2.25. The normalized spacial score (nSPS) is 14.5. The van der Waals surface area contributed by atoms with Crippen LogP contribution in [0.2, 0.25) is 0 Å². The molecule has 1 saturated heterocycles. The fourth-order valence-corrected chi connectivity index (χ4v) is 4.30. The molecule has 0 spiro atoms. The quantitative estimate of drug-likeness (QED) is 0.156. The van der Waals surface area contributed by atoms with Gasteiger partial charge in [-0.15, -0.1) is 0 Å². The summed E-state index contributed by atoms with van der Waals surface area (Å²) in [6.07, 6.45) is 4.25. The van der Waals surface area contributed by atoms with Gasteiger partial charge in [0.1, 0.15) is 5.82 Å². The molecule has 1 fully saturated rings. The van der Waals surface area contributed by atoms with Crippen LogP contribution < -0.4 is 15.1 Å². The van der Waals surface area contributed by atoms with Crippen LogP contribution in [0.3, 0.4) is 0 Å². The van der Waals surface area contributed by atoms with Crippen LogP contribution >= 0.6 is 0 Å². The van der Waals surface area contributed by atoms with Crippen LogP contribution in [-0.4, -0.2) is 101 Å². The molecule has 14 nitrogen and oxygen atoms in total. The third-order valence-electron chi connectivity index (χ3n) is 6.18. The molecule has 4 rings (SSSR count).